The van der Waals surface area contributed by atoms with E-state index in [2.05, 4.69) is 15.2 Å². The molecule has 1 aromatic heterocycles. The molecule has 2 saturated heterocycles. The molecular formula is C22H24N4O3. The fourth-order valence-electron chi connectivity index (χ4n) is 3.72. The number of likely N-dealkylation sites (tertiary alicyclic amines) is 1. The molecule has 0 saturated carbocycles. The van der Waals surface area contributed by atoms with E-state index in [0.717, 1.165) is 30.0 Å². The Labute approximate surface area is 169 Å². The highest BCUT2D eigenvalue weighted by molar-refractivity contribution is 6.01. The van der Waals surface area contributed by atoms with Gasteiger partial charge in [0.2, 0.25) is 11.8 Å². The first kappa shape index (κ1) is 19.1. The summed E-state index contributed by atoms with van der Waals surface area (Å²) in [6.07, 6.45) is 4.74. The van der Waals surface area contributed by atoms with Crippen LogP contribution in [0, 0.1) is 0 Å². The van der Waals surface area contributed by atoms with E-state index in [1.54, 1.807) is 30.5 Å². The molecule has 1 aromatic carbocycles. The van der Waals surface area contributed by atoms with Crippen molar-refractivity contribution in [2.45, 2.75) is 38.8 Å². The van der Waals surface area contributed by atoms with Crippen LogP contribution in [0.1, 0.15) is 47.2 Å². The van der Waals surface area contributed by atoms with Crippen LogP contribution in [-0.4, -0.2) is 40.7 Å². The SMILES string of the molecule is O=C(NCc1ccnc(N2CCCC2)c1)c1ccc(CN2C(=O)CCC2=O)cc1. The average Bonchev–Trinajstić information content (AvgIpc) is 3.39. The molecule has 3 heterocycles. The van der Waals surface area contributed by atoms with E-state index in [1.807, 2.05) is 12.1 Å². The van der Waals surface area contributed by atoms with E-state index in [-0.39, 0.29) is 37.1 Å². The van der Waals surface area contributed by atoms with E-state index in [1.165, 1.54) is 17.7 Å². The molecule has 4 rings (SSSR count). The van der Waals surface area contributed by atoms with E-state index >= 15 is 0 Å². The van der Waals surface area contributed by atoms with Gasteiger partial charge in [0.1, 0.15) is 5.82 Å². The lowest BCUT2D eigenvalue weighted by Gasteiger charge is -2.17. The Morgan fingerprint density at radius 1 is 0.966 bits per heavy atom. The number of imide groups is 1. The fourth-order valence-corrected chi connectivity index (χ4v) is 3.72. The van der Waals surface area contributed by atoms with Crippen molar-refractivity contribution in [2.75, 3.05) is 18.0 Å². The van der Waals surface area contributed by atoms with Crippen LogP contribution in [0.2, 0.25) is 0 Å². The van der Waals surface area contributed by atoms with Gasteiger partial charge in [0, 0.05) is 44.2 Å². The van der Waals surface area contributed by atoms with Gasteiger partial charge in [-0.15, -0.1) is 0 Å². The van der Waals surface area contributed by atoms with Crippen LogP contribution in [0.15, 0.2) is 42.6 Å². The molecule has 1 N–H and O–H groups in total. The van der Waals surface area contributed by atoms with E-state index < -0.39 is 0 Å². The van der Waals surface area contributed by atoms with Crippen LogP contribution in [-0.2, 0) is 22.7 Å². The zero-order valence-corrected chi connectivity index (χ0v) is 16.3. The van der Waals surface area contributed by atoms with Crippen molar-refractivity contribution < 1.29 is 14.4 Å². The summed E-state index contributed by atoms with van der Waals surface area (Å²) < 4.78 is 0. The van der Waals surface area contributed by atoms with Crippen LogP contribution < -0.4 is 10.2 Å². The standard InChI is InChI=1S/C22H24N4O3/c27-20-7-8-21(28)26(20)15-16-3-5-18(6-4-16)22(29)24-14-17-9-10-23-19(13-17)25-11-1-2-12-25/h3-6,9-10,13H,1-2,7-8,11-12,14-15H2,(H,24,29). The van der Waals surface area contributed by atoms with Crippen molar-refractivity contribution >= 4 is 23.5 Å². The summed E-state index contributed by atoms with van der Waals surface area (Å²) in [5.74, 6) is 0.527. The van der Waals surface area contributed by atoms with Crippen molar-refractivity contribution in [1.82, 2.24) is 15.2 Å². The van der Waals surface area contributed by atoms with Crippen molar-refractivity contribution in [3.63, 3.8) is 0 Å². The third-order valence-corrected chi connectivity index (χ3v) is 5.40. The summed E-state index contributed by atoms with van der Waals surface area (Å²) in [6.45, 7) is 2.75. The molecule has 0 radical (unpaired) electrons. The summed E-state index contributed by atoms with van der Waals surface area (Å²) in [6, 6.07) is 10.9. The van der Waals surface area contributed by atoms with Gasteiger partial charge in [-0.1, -0.05) is 12.1 Å². The molecule has 29 heavy (non-hydrogen) atoms. The molecular weight excluding hydrogens is 368 g/mol. The van der Waals surface area contributed by atoms with Gasteiger partial charge in [-0.25, -0.2) is 4.98 Å². The number of amides is 3. The smallest absolute Gasteiger partial charge is 0.251 e. The van der Waals surface area contributed by atoms with Crippen LogP contribution in [0.5, 0.6) is 0 Å². The Morgan fingerprint density at radius 3 is 2.34 bits per heavy atom. The zero-order chi connectivity index (χ0) is 20.2. The van der Waals surface area contributed by atoms with Gasteiger partial charge in [-0.2, -0.15) is 0 Å². The Balaban J connectivity index is 1.33. The molecule has 2 aromatic rings. The number of aromatic nitrogens is 1. The van der Waals surface area contributed by atoms with E-state index in [9.17, 15) is 14.4 Å². The Kier molecular flexibility index (Phi) is 5.55. The summed E-state index contributed by atoms with van der Waals surface area (Å²) in [7, 11) is 0. The minimum Gasteiger partial charge on any atom is -0.357 e. The predicted octanol–water partition coefficient (Wildman–Crippen LogP) is 2.26. The first-order chi connectivity index (χ1) is 14.1. The van der Waals surface area contributed by atoms with E-state index in [0.29, 0.717) is 12.1 Å². The van der Waals surface area contributed by atoms with Crippen molar-refractivity contribution in [1.29, 1.82) is 0 Å². The number of carbonyl (C=O) groups is 3. The lowest BCUT2D eigenvalue weighted by molar-refractivity contribution is -0.139. The third-order valence-electron chi connectivity index (χ3n) is 5.40. The van der Waals surface area contributed by atoms with Gasteiger partial charge in [0.05, 0.1) is 6.54 Å². The van der Waals surface area contributed by atoms with E-state index in [4.69, 9.17) is 0 Å². The number of carbonyl (C=O) groups excluding carboxylic acids is 3. The van der Waals surface area contributed by atoms with Crippen LogP contribution in [0.25, 0.3) is 0 Å². The normalized spacial score (nSPS) is 16.6. The first-order valence-electron chi connectivity index (χ1n) is 10.0. The lowest BCUT2D eigenvalue weighted by atomic mass is 10.1. The zero-order valence-electron chi connectivity index (χ0n) is 16.3. The van der Waals surface area contributed by atoms with Gasteiger partial charge in [0.15, 0.2) is 0 Å². The molecule has 3 amide bonds. The summed E-state index contributed by atoms with van der Waals surface area (Å²) >= 11 is 0. The molecule has 0 atom stereocenters. The summed E-state index contributed by atoms with van der Waals surface area (Å²) in [4.78, 5) is 43.9. The molecule has 2 fully saturated rings. The maximum absolute atomic E-state index is 12.5. The Hall–Kier alpha value is -3.22. The number of rotatable bonds is 6. The van der Waals surface area contributed by atoms with Gasteiger partial charge in [0.25, 0.3) is 5.91 Å². The number of anilines is 1. The number of benzene rings is 1. The molecule has 0 unspecified atom stereocenters. The summed E-state index contributed by atoms with van der Waals surface area (Å²) in [5, 5.41) is 2.94. The van der Waals surface area contributed by atoms with Crippen LogP contribution in [0.3, 0.4) is 0 Å². The molecule has 150 valence electrons. The molecule has 0 bridgehead atoms. The van der Waals surface area contributed by atoms with Crippen LogP contribution in [0.4, 0.5) is 5.82 Å². The number of pyridine rings is 1. The van der Waals surface area contributed by atoms with Crippen molar-refractivity contribution in [3.05, 3.63) is 59.3 Å². The quantitative estimate of drug-likeness (QED) is 0.763. The topological polar surface area (TPSA) is 82.6 Å². The molecule has 0 aliphatic carbocycles. The second-order valence-corrected chi connectivity index (χ2v) is 7.47. The van der Waals surface area contributed by atoms with Crippen molar-refractivity contribution in [2.24, 2.45) is 0 Å². The largest absolute Gasteiger partial charge is 0.357 e. The van der Waals surface area contributed by atoms with Gasteiger partial charge < -0.3 is 10.2 Å². The highest BCUT2D eigenvalue weighted by Crippen LogP contribution is 2.19. The monoisotopic (exact) mass is 392 g/mol. The number of nitrogens with one attached hydrogen (secondary N) is 1. The predicted molar refractivity (Wildman–Crippen MR) is 108 cm³/mol. The molecule has 7 nitrogen and oxygen atoms in total. The number of hydrogen-bond donors (Lipinski definition) is 1. The maximum Gasteiger partial charge on any atom is 0.251 e. The van der Waals surface area contributed by atoms with Gasteiger partial charge in [-0.05, 0) is 48.2 Å². The van der Waals surface area contributed by atoms with Crippen LogP contribution >= 0.6 is 0 Å². The second kappa shape index (κ2) is 8.43. The average molecular weight is 392 g/mol. The van der Waals surface area contributed by atoms with Gasteiger partial charge >= 0.3 is 0 Å². The second-order valence-electron chi connectivity index (χ2n) is 7.47. The minimum absolute atomic E-state index is 0.137. The fraction of sp³-hybridized carbons (Fsp3) is 0.364. The lowest BCUT2D eigenvalue weighted by Crippen LogP contribution is -2.28. The van der Waals surface area contributed by atoms with Crippen molar-refractivity contribution in [3.8, 4) is 0 Å². The highest BCUT2D eigenvalue weighted by atomic mass is 16.2. The summed E-state index contributed by atoms with van der Waals surface area (Å²) in [5.41, 5.74) is 2.38. The minimum atomic E-state index is -0.163. The molecule has 2 aliphatic rings. The number of hydrogen-bond acceptors (Lipinski definition) is 5. The Morgan fingerprint density at radius 2 is 1.66 bits per heavy atom. The molecule has 7 heteroatoms. The molecule has 2 aliphatic heterocycles. The maximum atomic E-state index is 12.5. The van der Waals surface area contributed by atoms with Gasteiger partial charge in [-0.3, -0.25) is 19.3 Å². The molecule has 0 spiro atoms. The Bertz CT molecular complexity index is 904. The third kappa shape index (κ3) is 4.45. The first-order valence-corrected chi connectivity index (χ1v) is 10.0. The number of nitrogens with zero attached hydrogens (tertiary/aromatic N) is 3. The highest BCUT2D eigenvalue weighted by Gasteiger charge is 2.28.